The van der Waals surface area contributed by atoms with E-state index >= 15 is 0 Å². The molecule has 1 N–H and O–H groups in total. The van der Waals surface area contributed by atoms with E-state index in [2.05, 4.69) is 10.2 Å². The minimum atomic E-state index is -3.21. The van der Waals surface area contributed by atoms with Gasteiger partial charge in [0.1, 0.15) is 0 Å². The van der Waals surface area contributed by atoms with Gasteiger partial charge in [-0.25, -0.2) is 8.42 Å². The van der Waals surface area contributed by atoms with Crippen LogP contribution in [0.15, 0.2) is 23.1 Å². The molecular weight excluding hydrogens is 264 g/mol. The Kier molecular flexibility index (Phi) is 2.94. The van der Waals surface area contributed by atoms with E-state index < -0.39 is 9.84 Å². The van der Waals surface area contributed by atoms with Gasteiger partial charge in [-0.05, 0) is 18.6 Å². The van der Waals surface area contributed by atoms with Crippen LogP contribution in [0, 0.1) is 0 Å². The van der Waals surface area contributed by atoms with E-state index in [0.29, 0.717) is 10.9 Å². The first-order valence-corrected chi connectivity index (χ1v) is 8.26. The van der Waals surface area contributed by atoms with Crippen LogP contribution in [0.2, 0.25) is 0 Å². The van der Waals surface area contributed by atoms with Crippen molar-refractivity contribution >= 4 is 21.2 Å². The Morgan fingerprint density at radius 1 is 1.42 bits per heavy atom. The van der Waals surface area contributed by atoms with Crippen LogP contribution in [0.25, 0.3) is 0 Å². The van der Waals surface area contributed by atoms with Crippen molar-refractivity contribution in [1.82, 2.24) is 0 Å². The zero-order valence-corrected chi connectivity index (χ0v) is 11.9. The molecule has 1 aromatic carbocycles. The average Bonchev–Trinajstić information content (AvgIpc) is 2.80. The number of hydrogen-bond acceptors (Lipinski definition) is 5. The summed E-state index contributed by atoms with van der Waals surface area (Å²) in [7, 11) is -1.49. The molecule has 0 spiro atoms. The molecule has 5 nitrogen and oxygen atoms in total. The monoisotopic (exact) mass is 282 g/mol. The van der Waals surface area contributed by atoms with E-state index in [1.165, 1.54) is 6.26 Å². The highest BCUT2D eigenvalue weighted by molar-refractivity contribution is 7.90. The van der Waals surface area contributed by atoms with E-state index in [0.717, 1.165) is 30.9 Å². The number of anilines is 2. The number of fused-ring (bicyclic) bond motifs is 3. The number of rotatable bonds is 2. The van der Waals surface area contributed by atoms with E-state index in [1.54, 1.807) is 19.2 Å². The highest BCUT2D eigenvalue weighted by atomic mass is 32.2. The van der Waals surface area contributed by atoms with Crippen molar-refractivity contribution in [2.45, 2.75) is 23.5 Å². The van der Waals surface area contributed by atoms with Gasteiger partial charge in [0.15, 0.2) is 9.84 Å². The van der Waals surface area contributed by atoms with Crippen LogP contribution in [0.4, 0.5) is 11.4 Å². The van der Waals surface area contributed by atoms with Crippen molar-refractivity contribution in [2.75, 3.05) is 36.7 Å². The molecule has 104 valence electrons. The van der Waals surface area contributed by atoms with Gasteiger partial charge < -0.3 is 15.0 Å². The smallest absolute Gasteiger partial charge is 0.177 e. The maximum atomic E-state index is 11.8. The minimum absolute atomic E-state index is 0.222. The SMILES string of the molecule is COC1CC2CNc3c(cccc3S(C)(=O)=O)N2C1. The second kappa shape index (κ2) is 4.38. The van der Waals surface area contributed by atoms with Crippen LogP contribution < -0.4 is 10.2 Å². The Morgan fingerprint density at radius 2 is 2.21 bits per heavy atom. The molecule has 19 heavy (non-hydrogen) atoms. The normalized spacial score (nSPS) is 25.7. The molecule has 6 heteroatoms. The van der Waals surface area contributed by atoms with Crippen LogP contribution in [0.3, 0.4) is 0 Å². The number of nitrogens with zero attached hydrogens (tertiary/aromatic N) is 1. The van der Waals surface area contributed by atoms with Crippen LogP contribution in [-0.2, 0) is 14.6 Å². The molecule has 2 atom stereocenters. The maximum absolute atomic E-state index is 11.8. The number of benzene rings is 1. The molecule has 0 bridgehead atoms. The first-order chi connectivity index (χ1) is 9.00. The predicted molar refractivity (Wildman–Crippen MR) is 74.6 cm³/mol. The summed E-state index contributed by atoms with van der Waals surface area (Å²) in [5.41, 5.74) is 1.71. The second-order valence-electron chi connectivity index (χ2n) is 5.20. The van der Waals surface area contributed by atoms with Gasteiger partial charge in [0.25, 0.3) is 0 Å². The van der Waals surface area contributed by atoms with Crippen LogP contribution in [0.5, 0.6) is 0 Å². The molecule has 0 amide bonds. The predicted octanol–water partition coefficient (Wildman–Crippen LogP) is 1.11. The summed E-state index contributed by atoms with van der Waals surface area (Å²) in [4.78, 5) is 2.64. The van der Waals surface area contributed by atoms with E-state index in [9.17, 15) is 8.42 Å². The maximum Gasteiger partial charge on any atom is 0.177 e. The molecule has 1 aromatic rings. The largest absolute Gasteiger partial charge is 0.380 e. The molecule has 2 unspecified atom stereocenters. The minimum Gasteiger partial charge on any atom is -0.380 e. The van der Waals surface area contributed by atoms with E-state index in [4.69, 9.17) is 4.74 Å². The Labute approximate surface area is 113 Å². The molecule has 0 saturated carbocycles. The fourth-order valence-corrected chi connectivity index (χ4v) is 3.87. The van der Waals surface area contributed by atoms with Crippen molar-refractivity contribution in [3.8, 4) is 0 Å². The molecule has 0 aromatic heterocycles. The fraction of sp³-hybridized carbons (Fsp3) is 0.538. The first-order valence-electron chi connectivity index (χ1n) is 6.37. The van der Waals surface area contributed by atoms with Gasteiger partial charge in [-0.1, -0.05) is 6.07 Å². The Morgan fingerprint density at radius 3 is 2.89 bits per heavy atom. The summed E-state index contributed by atoms with van der Waals surface area (Å²) >= 11 is 0. The van der Waals surface area contributed by atoms with Crippen molar-refractivity contribution in [1.29, 1.82) is 0 Å². The number of sulfone groups is 1. The topological polar surface area (TPSA) is 58.6 Å². The Bertz CT molecular complexity index is 600. The molecule has 0 aliphatic carbocycles. The average molecular weight is 282 g/mol. The highest BCUT2D eigenvalue weighted by Crippen LogP contribution is 2.40. The summed E-state index contributed by atoms with van der Waals surface area (Å²) in [5.74, 6) is 0. The third-order valence-corrected chi connectivity index (χ3v) is 5.08. The van der Waals surface area contributed by atoms with Gasteiger partial charge in [0.2, 0.25) is 0 Å². The zero-order valence-electron chi connectivity index (χ0n) is 11.1. The molecule has 2 aliphatic rings. The van der Waals surface area contributed by atoms with Gasteiger partial charge in [-0.3, -0.25) is 0 Å². The number of nitrogens with one attached hydrogen (secondary N) is 1. The van der Waals surface area contributed by atoms with E-state index in [-0.39, 0.29) is 6.10 Å². The van der Waals surface area contributed by atoms with Crippen molar-refractivity contribution in [3.63, 3.8) is 0 Å². The summed E-state index contributed by atoms with van der Waals surface area (Å²) in [6, 6.07) is 5.82. The van der Waals surface area contributed by atoms with Gasteiger partial charge in [-0.2, -0.15) is 0 Å². The number of ether oxygens (including phenoxy) is 1. The molecule has 3 rings (SSSR count). The summed E-state index contributed by atoms with van der Waals surface area (Å²) in [5, 5.41) is 3.28. The Hall–Kier alpha value is -1.27. The molecule has 1 saturated heterocycles. The van der Waals surface area contributed by atoms with Crippen LogP contribution in [0.1, 0.15) is 6.42 Å². The van der Waals surface area contributed by atoms with Gasteiger partial charge in [0.05, 0.1) is 22.4 Å². The van der Waals surface area contributed by atoms with Crippen LogP contribution in [-0.4, -0.2) is 47.0 Å². The molecule has 2 heterocycles. The molecular formula is C13H18N2O3S. The summed E-state index contributed by atoms with van der Waals surface area (Å²) in [6.07, 6.45) is 2.45. The number of methoxy groups -OCH3 is 1. The second-order valence-corrected chi connectivity index (χ2v) is 7.19. The summed E-state index contributed by atoms with van der Waals surface area (Å²) in [6.45, 7) is 1.59. The van der Waals surface area contributed by atoms with Crippen molar-refractivity contribution in [2.24, 2.45) is 0 Å². The lowest BCUT2D eigenvalue weighted by Crippen LogP contribution is -2.39. The highest BCUT2D eigenvalue weighted by Gasteiger charge is 2.37. The van der Waals surface area contributed by atoms with Crippen molar-refractivity contribution in [3.05, 3.63) is 18.2 Å². The third-order valence-electron chi connectivity index (χ3n) is 3.94. The van der Waals surface area contributed by atoms with E-state index in [1.807, 2.05) is 6.07 Å². The van der Waals surface area contributed by atoms with Gasteiger partial charge in [-0.15, -0.1) is 0 Å². The molecule has 2 aliphatic heterocycles. The van der Waals surface area contributed by atoms with Crippen molar-refractivity contribution < 1.29 is 13.2 Å². The number of para-hydroxylation sites is 1. The zero-order chi connectivity index (χ0) is 13.6. The molecule has 0 radical (unpaired) electrons. The Balaban J connectivity index is 2.06. The lowest BCUT2D eigenvalue weighted by Gasteiger charge is -2.35. The standard InChI is InChI=1S/C13H18N2O3S/c1-18-10-6-9-7-14-13-11(15(9)8-10)4-3-5-12(13)19(2,16)17/h3-5,9-10,14H,6-8H2,1-2H3. The van der Waals surface area contributed by atoms with Crippen LogP contribution >= 0.6 is 0 Å². The number of hydrogen-bond donors (Lipinski definition) is 1. The fourth-order valence-electron chi connectivity index (χ4n) is 3.00. The quantitative estimate of drug-likeness (QED) is 0.880. The van der Waals surface area contributed by atoms with Gasteiger partial charge in [0, 0.05) is 32.5 Å². The lowest BCUT2D eigenvalue weighted by atomic mass is 10.1. The summed E-state index contributed by atoms with van der Waals surface area (Å²) < 4.78 is 29.1. The lowest BCUT2D eigenvalue weighted by molar-refractivity contribution is 0.118. The van der Waals surface area contributed by atoms with Gasteiger partial charge >= 0.3 is 0 Å². The molecule has 1 fully saturated rings. The first kappa shape index (κ1) is 12.7. The third kappa shape index (κ3) is 2.08.